The Morgan fingerprint density at radius 3 is 2.71 bits per heavy atom. The summed E-state index contributed by atoms with van der Waals surface area (Å²) < 4.78 is 6.19. The number of ether oxygens (including phenoxy) is 1. The molecule has 7 nitrogen and oxygen atoms in total. The predicted molar refractivity (Wildman–Crippen MR) is 81.4 cm³/mol. The molecule has 2 N–H and O–H groups in total. The molecule has 0 bridgehead atoms. The molecule has 0 aliphatic rings. The molecule has 0 unspecified atom stereocenters. The van der Waals surface area contributed by atoms with Crippen LogP contribution in [0.1, 0.15) is 18.3 Å². The summed E-state index contributed by atoms with van der Waals surface area (Å²) in [6.45, 7) is 3.60. The van der Waals surface area contributed by atoms with Crippen LogP contribution in [0, 0.1) is 17.0 Å². The van der Waals surface area contributed by atoms with Crippen molar-refractivity contribution in [2.24, 2.45) is 0 Å². The van der Waals surface area contributed by atoms with Crippen molar-refractivity contribution in [1.82, 2.24) is 9.97 Å². The Balaban J connectivity index is 2.48. The van der Waals surface area contributed by atoms with E-state index in [9.17, 15) is 10.1 Å². The normalized spacial score (nSPS) is 10.4. The smallest absolute Gasteiger partial charge is 0.313 e. The summed E-state index contributed by atoms with van der Waals surface area (Å²) in [6.07, 6.45) is 0.586. The minimum Gasteiger partial charge on any atom is -0.431 e. The van der Waals surface area contributed by atoms with Gasteiger partial charge in [0.05, 0.1) is 4.92 Å². The van der Waals surface area contributed by atoms with Gasteiger partial charge in [0.15, 0.2) is 0 Å². The summed E-state index contributed by atoms with van der Waals surface area (Å²) in [5.74, 6) is 1.10. The Morgan fingerprint density at radius 1 is 1.38 bits per heavy atom. The number of halogens is 1. The maximum atomic E-state index is 11.2. The van der Waals surface area contributed by atoms with Crippen molar-refractivity contribution in [2.45, 2.75) is 20.3 Å². The minimum atomic E-state index is -0.502. The molecule has 1 heterocycles. The number of nitro benzene ring substituents is 1. The molecule has 0 aliphatic heterocycles. The summed E-state index contributed by atoms with van der Waals surface area (Å²) in [5, 5.41) is 11.2. The van der Waals surface area contributed by atoms with Crippen molar-refractivity contribution < 1.29 is 9.66 Å². The molecule has 0 saturated heterocycles. The van der Waals surface area contributed by atoms with Gasteiger partial charge in [-0.25, -0.2) is 4.98 Å². The van der Waals surface area contributed by atoms with E-state index in [1.807, 2.05) is 6.92 Å². The first-order valence-corrected chi connectivity index (χ1v) is 6.95. The zero-order chi connectivity index (χ0) is 15.6. The SMILES string of the molecule is CCc1nc(N)cc(Oc2c(C)cc(Br)cc2[N+](=O)[O-])n1. The van der Waals surface area contributed by atoms with Gasteiger partial charge in [-0.3, -0.25) is 10.1 Å². The molecular weight excluding hydrogens is 340 g/mol. The molecule has 0 saturated carbocycles. The van der Waals surface area contributed by atoms with Gasteiger partial charge in [0.2, 0.25) is 11.6 Å². The Kier molecular flexibility index (Phi) is 4.37. The summed E-state index contributed by atoms with van der Waals surface area (Å²) in [5.41, 5.74) is 6.15. The van der Waals surface area contributed by atoms with Crippen LogP contribution in [0.5, 0.6) is 11.6 Å². The van der Waals surface area contributed by atoms with E-state index in [1.165, 1.54) is 12.1 Å². The zero-order valence-corrected chi connectivity index (χ0v) is 13.0. The fraction of sp³-hybridized carbons (Fsp3) is 0.231. The van der Waals surface area contributed by atoms with Gasteiger partial charge >= 0.3 is 5.69 Å². The summed E-state index contributed by atoms with van der Waals surface area (Å²) in [6, 6.07) is 4.55. The van der Waals surface area contributed by atoms with Gasteiger partial charge in [0.1, 0.15) is 11.6 Å². The third kappa shape index (κ3) is 3.46. The maximum absolute atomic E-state index is 11.2. The average molecular weight is 353 g/mol. The molecule has 2 aromatic rings. The molecule has 0 radical (unpaired) electrons. The van der Waals surface area contributed by atoms with Crippen LogP contribution in [-0.2, 0) is 6.42 Å². The van der Waals surface area contributed by atoms with Crippen molar-refractivity contribution >= 4 is 27.4 Å². The average Bonchev–Trinajstić information content (AvgIpc) is 2.40. The topological polar surface area (TPSA) is 104 Å². The molecule has 8 heteroatoms. The second kappa shape index (κ2) is 6.04. The highest BCUT2D eigenvalue weighted by molar-refractivity contribution is 9.10. The number of nitrogen functional groups attached to an aromatic ring is 1. The van der Waals surface area contributed by atoms with E-state index in [4.69, 9.17) is 10.5 Å². The number of nitro groups is 1. The van der Waals surface area contributed by atoms with Gasteiger partial charge in [-0.05, 0) is 13.0 Å². The molecule has 1 aromatic carbocycles. The van der Waals surface area contributed by atoms with E-state index in [1.54, 1.807) is 13.0 Å². The number of hydrogen-bond acceptors (Lipinski definition) is 6. The fourth-order valence-electron chi connectivity index (χ4n) is 1.79. The van der Waals surface area contributed by atoms with Gasteiger partial charge in [0, 0.05) is 28.6 Å². The van der Waals surface area contributed by atoms with Crippen LogP contribution in [0.3, 0.4) is 0 Å². The Labute approximate surface area is 129 Å². The highest BCUT2D eigenvalue weighted by Gasteiger charge is 2.20. The third-order valence-corrected chi connectivity index (χ3v) is 3.17. The number of nitrogens with zero attached hydrogens (tertiary/aromatic N) is 3. The van der Waals surface area contributed by atoms with E-state index in [0.29, 0.717) is 22.3 Å². The lowest BCUT2D eigenvalue weighted by Gasteiger charge is -2.10. The van der Waals surface area contributed by atoms with Crippen molar-refractivity contribution in [3.05, 3.63) is 44.2 Å². The molecule has 0 spiro atoms. The van der Waals surface area contributed by atoms with Crippen molar-refractivity contribution in [1.29, 1.82) is 0 Å². The van der Waals surface area contributed by atoms with Crippen molar-refractivity contribution in [3.63, 3.8) is 0 Å². The van der Waals surface area contributed by atoms with Crippen LogP contribution in [0.2, 0.25) is 0 Å². The second-order valence-electron chi connectivity index (χ2n) is 4.33. The lowest BCUT2D eigenvalue weighted by Crippen LogP contribution is -2.02. The van der Waals surface area contributed by atoms with Gasteiger partial charge in [-0.2, -0.15) is 4.98 Å². The fourth-order valence-corrected chi connectivity index (χ4v) is 2.35. The van der Waals surface area contributed by atoms with Gasteiger partial charge < -0.3 is 10.5 Å². The van der Waals surface area contributed by atoms with Crippen LogP contribution in [-0.4, -0.2) is 14.9 Å². The van der Waals surface area contributed by atoms with E-state index in [0.717, 1.165) is 0 Å². The molecule has 0 fully saturated rings. The summed E-state index contributed by atoms with van der Waals surface area (Å²) >= 11 is 3.23. The van der Waals surface area contributed by atoms with Crippen molar-refractivity contribution in [3.8, 4) is 11.6 Å². The second-order valence-corrected chi connectivity index (χ2v) is 5.25. The molecule has 0 aliphatic carbocycles. The number of hydrogen-bond donors (Lipinski definition) is 1. The lowest BCUT2D eigenvalue weighted by molar-refractivity contribution is -0.385. The van der Waals surface area contributed by atoms with Crippen LogP contribution in [0.25, 0.3) is 0 Å². The van der Waals surface area contributed by atoms with E-state index in [2.05, 4.69) is 25.9 Å². The summed E-state index contributed by atoms with van der Waals surface area (Å²) in [4.78, 5) is 18.8. The van der Waals surface area contributed by atoms with Crippen molar-refractivity contribution in [2.75, 3.05) is 5.73 Å². The number of aromatic nitrogens is 2. The minimum absolute atomic E-state index is 0.142. The largest absolute Gasteiger partial charge is 0.431 e. The quantitative estimate of drug-likeness (QED) is 0.667. The molecule has 21 heavy (non-hydrogen) atoms. The highest BCUT2D eigenvalue weighted by Crippen LogP contribution is 2.36. The highest BCUT2D eigenvalue weighted by atomic mass is 79.9. The molecule has 0 atom stereocenters. The van der Waals surface area contributed by atoms with Crippen LogP contribution in [0.15, 0.2) is 22.7 Å². The monoisotopic (exact) mass is 352 g/mol. The van der Waals surface area contributed by atoms with Crippen LogP contribution in [0.4, 0.5) is 11.5 Å². The first-order valence-electron chi connectivity index (χ1n) is 6.16. The number of anilines is 1. The lowest BCUT2D eigenvalue weighted by atomic mass is 10.2. The molecule has 0 amide bonds. The molecule has 1 aromatic heterocycles. The van der Waals surface area contributed by atoms with E-state index < -0.39 is 4.92 Å². The summed E-state index contributed by atoms with van der Waals surface area (Å²) in [7, 11) is 0. The Morgan fingerprint density at radius 2 is 2.10 bits per heavy atom. The number of nitrogens with two attached hydrogens (primary N) is 1. The number of benzene rings is 1. The molecule has 2 rings (SSSR count). The number of rotatable bonds is 4. The third-order valence-electron chi connectivity index (χ3n) is 2.71. The number of aryl methyl sites for hydroxylation is 2. The van der Waals surface area contributed by atoms with E-state index in [-0.39, 0.29) is 23.1 Å². The molecule has 110 valence electrons. The Bertz CT molecular complexity index is 706. The predicted octanol–water partition coefficient (Wildman–Crippen LogP) is 3.39. The van der Waals surface area contributed by atoms with Gasteiger partial charge in [0.25, 0.3) is 0 Å². The molecular formula is C13H13BrN4O3. The van der Waals surface area contributed by atoms with Gasteiger partial charge in [-0.15, -0.1) is 0 Å². The van der Waals surface area contributed by atoms with E-state index >= 15 is 0 Å². The first kappa shape index (κ1) is 15.2. The van der Waals surface area contributed by atoms with Gasteiger partial charge in [-0.1, -0.05) is 22.9 Å². The van der Waals surface area contributed by atoms with Crippen LogP contribution >= 0.6 is 15.9 Å². The Hall–Kier alpha value is -2.22. The standard InChI is InChI=1S/C13H13BrN4O3/c1-3-11-16-10(15)6-12(17-11)21-13-7(2)4-8(14)5-9(13)18(19)20/h4-6H,3H2,1-2H3,(H2,15,16,17). The maximum Gasteiger partial charge on any atom is 0.313 e. The first-order chi connectivity index (χ1) is 9.90. The zero-order valence-electron chi connectivity index (χ0n) is 11.5. The van der Waals surface area contributed by atoms with Crippen LogP contribution < -0.4 is 10.5 Å².